The van der Waals surface area contributed by atoms with E-state index in [0.29, 0.717) is 33.0 Å². The molecule has 2 heterocycles. The Labute approximate surface area is 165 Å². The molecule has 1 N–H and O–H groups in total. The summed E-state index contributed by atoms with van der Waals surface area (Å²) in [5, 5.41) is 4.98. The smallest absolute Gasteiger partial charge is 0.348 e. The minimum Gasteiger partial charge on any atom is -0.439 e. The van der Waals surface area contributed by atoms with Crippen LogP contribution >= 0.6 is 11.6 Å². The van der Waals surface area contributed by atoms with Crippen LogP contribution in [0.5, 0.6) is 0 Å². The zero-order chi connectivity index (χ0) is 19.1. The van der Waals surface area contributed by atoms with Crippen molar-refractivity contribution in [2.75, 3.05) is 5.32 Å². The summed E-state index contributed by atoms with van der Waals surface area (Å²) in [7, 11) is 0. The molecule has 0 radical (unpaired) electrons. The van der Waals surface area contributed by atoms with Gasteiger partial charge in [-0.15, -0.1) is 0 Å². The van der Waals surface area contributed by atoms with Gasteiger partial charge >= 0.3 is 5.63 Å². The highest BCUT2D eigenvalue weighted by atomic mass is 35.5. The fraction of sp³-hybridized carbons (Fsp3) is 0. The summed E-state index contributed by atoms with van der Waals surface area (Å²) >= 11 is 6.21. The number of hydrogen-bond donors (Lipinski definition) is 1. The van der Waals surface area contributed by atoms with Crippen LogP contribution in [0.3, 0.4) is 0 Å². The Bertz CT molecular complexity index is 1370. The maximum Gasteiger partial charge on any atom is 0.348 e. The Morgan fingerprint density at radius 3 is 2.43 bits per heavy atom. The molecule has 4 nitrogen and oxygen atoms in total. The van der Waals surface area contributed by atoms with E-state index in [1.807, 2.05) is 60.7 Å². The number of hydrogen-bond acceptors (Lipinski definition) is 4. The molecule has 0 saturated heterocycles. The average Bonchev–Trinajstić information content (AvgIpc) is 3.09. The predicted molar refractivity (Wildman–Crippen MR) is 112 cm³/mol. The molecule has 0 saturated carbocycles. The number of halogens is 1. The minimum atomic E-state index is -0.450. The van der Waals surface area contributed by atoms with Crippen LogP contribution in [0.4, 0.5) is 11.6 Å². The minimum absolute atomic E-state index is 0.388. The number of rotatable bonds is 3. The van der Waals surface area contributed by atoms with Gasteiger partial charge in [0.05, 0.1) is 10.9 Å². The third kappa shape index (κ3) is 2.75. The van der Waals surface area contributed by atoms with Crippen LogP contribution in [0.2, 0.25) is 5.02 Å². The Balaban J connectivity index is 1.87. The van der Waals surface area contributed by atoms with Gasteiger partial charge in [0.25, 0.3) is 0 Å². The fourth-order valence-electron chi connectivity index (χ4n) is 3.37. The van der Waals surface area contributed by atoms with Gasteiger partial charge in [0.15, 0.2) is 5.58 Å². The molecule has 0 spiro atoms. The van der Waals surface area contributed by atoms with Gasteiger partial charge in [-0.05, 0) is 42.0 Å². The third-order valence-electron chi connectivity index (χ3n) is 4.59. The lowest BCUT2D eigenvalue weighted by molar-refractivity contribution is 0.566. The van der Waals surface area contributed by atoms with Crippen LogP contribution in [0, 0.1) is 0 Å². The van der Waals surface area contributed by atoms with Crippen molar-refractivity contribution in [1.82, 2.24) is 0 Å². The van der Waals surface area contributed by atoms with E-state index < -0.39 is 5.63 Å². The Morgan fingerprint density at radius 2 is 1.61 bits per heavy atom. The summed E-state index contributed by atoms with van der Waals surface area (Å²) in [4.78, 5) is 12.9. The Morgan fingerprint density at radius 1 is 0.821 bits per heavy atom. The quantitative estimate of drug-likeness (QED) is 0.354. The van der Waals surface area contributed by atoms with Gasteiger partial charge in [-0.2, -0.15) is 0 Å². The van der Waals surface area contributed by atoms with Crippen molar-refractivity contribution in [3.63, 3.8) is 0 Å². The van der Waals surface area contributed by atoms with Crippen molar-refractivity contribution in [3.8, 4) is 11.1 Å². The first-order valence-electron chi connectivity index (χ1n) is 8.77. The van der Waals surface area contributed by atoms with Gasteiger partial charge in [-0.25, -0.2) is 4.79 Å². The van der Waals surface area contributed by atoms with E-state index in [1.54, 1.807) is 18.2 Å². The highest BCUT2D eigenvalue weighted by molar-refractivity contribution is 6.31. The van der Waals surface area contributed by atoms with Crippen LogP contribution in [-0.4, -0.2) is 0 Å². The van der Waals surface area contributed by atoms with Crippen molar-refractivity contribution in [2.45, 2.75) is 0 Å². The first-order chi connectivity index (χ1) is 13.7. The monoisotopic (exact) mass is 387 g/mol. The van der Waals surface area contributed by atoms with Crippen molar-refractivity contribution in [1.29, 1.82) is 0 Å². The van der Waals surface area contributed by atoms with Crippen LogP contribution in [0.25, 0.3) is 33.1 Å². The summed E-state index contributed by atoms with van der Waals surface area (Å²) < 4.78 is 11.7. The maximum absolute atomic E-state index is 12.9. The topological polar surface area (TPSA) is 55.4 Å². The Hall–Kier alpha value is -3.50. The lowest BCUT2D eigenvalue weighted by Gasteiger charge is -2.06. The largest absolute Gasteiger partial charge is 0.439 e. The normalized spacial score (nSPS) is 11.2. The standard InChI is InChI=1S/C23H14ClNO3/c24-15-8-6-7-14(13-15)19-20-21(17-11-4-5-12-18(17)27-23(20)26)28-22(19)25-16-9-2-1-3-10-16/h1-13,25H. The number of para-hydroxylation sites is 2. The molecule has 0 aliphatic carbocycles. The SMILES string of the molecule is O=c1oc2ccccc2c2oc(Nc3ccccc3)c(-c3cccc(Cl)c3)c12. The van der Waals surface area contributed by atoms with E-state index in [1.165, 1.54) is 0 Å². The molecule has 0 fully saturated rings. The van der Waals surface area contributed by atoms with Crippen molar-refractivity contribution < 1.29 is 8.83 Å². The van der Waals surface area contributed by atoms with E-state index in [0.717, 1.165) is 16.6 Å². The van der Waals surface area contributed by atoms with E-state index >= 15 is 0 Å². The number of nitrogens with one attached hydrogen (secondary N) is 1. The van der Waals surface area contributed by atoms with Crippen molar-refractivity contribution in [2.24, 2.45) is 0 Å². The molecule has 136 valence electrons. The van der Waals surface area contributed by atoms with Gasteiger partial charge in [0.1, 0.15) is 11.0 Å². The maximum atomic E-state index is 12.9. The lowest BCUT2D eigenvalue weighted by Crippen LogP contribution is -2.00. The lowest BCUT2D eigenvalue weighted by atomic mass is 10.0. The third-order valence-corrected chi connectivity index (χ3v) is 4.83. The molecular weight excluding hydrogens is 374 g/mol. The molecule has 2 aromatic heterocycles. The first kappa shape index (κ1) is 16.7. The van der Waals surface area contributed by atoms with E-state index in [-0.39, 0.29) is 0 Å². The number of furan rings is 1. The number of anilines is 2. The van der Waals surface area contributed by atoms with Crippen molar-refractivity contribution in [3.05, 3.63) is 94.3 Å². The van der Waals surface area contributed by atoms with Gasteiger partial charge < -0.3 is 14.2 Å². The summed E-state index contributed by atoms with van der Waals surface area (Å²) in [6, 6.07) is 24.3. The summed E-state index contributed by atoms with van der Waals surface area (Å²) in [5.74, 6) is 0.465. The molecule has 0 atom stereocenters. The molecule has 28 heavy (non-hydrogen) atoms. The predicted octanol–water partition coefficient (Wildman–Crippen LogP) is 6.60. The van der Waals surface area contributed by atoms with Gasteiger partial charge in [0, 0.05) is 10.7 Å². The molecule has 0 aliphatic heterocycles. The molecular formula is C23H14ClNO3. The average molecular weight is 388 g/mol. The molecule has 3 aromatic carbocycles. The van der Waals surface area contributed by atoms with Crippen LogP contribution in [0.15, 0.2) is 92.5 Å². The molecule has 5 rings (SSSR count). The zero-order valence-electron chi connectivity index (χ0n) is 14.6. The molecule has 0 aliphatic rings. The van der Waals surface area contributed by atoms with Crippen LogP contribution in [0.1, 0.15) is 0 Å². The number of fused-ring (bicyclic) bond motifs is 3. The first-order valence-corrected chi connectivity index (χ1v) is 9.15. The zero-order valence-corrected chi connectivity index (χ0v) is 15.4. The van der Waals surface area contributed by atoms with E-state index in [4.69, 9.17) is 20.4 Å². The second kappa shape index (κ2) is 6.59. The molecule has 0 amide bonds. The number of benzene rings is 3. The van der Waals surface area contributed by atoms with Gasteiger partial charge in [-0.1, -0.05) is 54.1 Å². The molecule has 0 bridgehead atoms. The second-order valence-electron chi connectivity index (χ2n) is 6.40. The molecule has 5 aromatic rings. The molecule has 5 heteroatoms. The Kier molecular flexibility index (Phi) is 3.92. The summed E-state index contributed by atoms with van der Waals surface area (Å²) in [6.07, 6.45) is 0. The van der Waals surface area contributed by atoms with Crippen LogP contribution < -0.4 is 10.9 Å². The van der Waals surface area contributed by atoms with E-state index in [9.17, 15) is 4.79 Å². The van der Waals surface area contributed by atoms with Gasteiger partial charge in [-0.3, -0.25) is 0 Å². The molecule has 0 unspecified atom stereocenters. The van der Waals surface area contributed by atoms with Crippen molar-refractivity contribution >= 4 is 45.1 Å². The summed E-state index contributed by atoms with van der Waals surface area (Å²) in [5.41, 5.74) is 2.76. The second-order valence-corrected chi connectivity index (χ2v) is 6.83. The summed E-state index contributed by atoms with van der Waals surface area (Å²) in [6.45, 7) is 0. The fourth-order valence-corrected chi connectivity index (χ4v) is 3.56. The van der Waals surface area contributed by atoms with E-state index in [2.05, 4.69) is 5.32 Å². The highest BCUT2D eigenvalue weighted by Gasteiger charge is 2.22. The highest BCUT2D eigenvalue weighted by Crippen LogP contribution is 2.41. The van der Waals surface area contributed by atoms with Gasteiger partial charge in [0.2, 0.25) is 5.88 Å². The van der Waals surface area contributed by atoms with Crippen LogP contribution in [-0.2, 0) is 0 Å².